The molecular formula is C16H23N3O2. The van der Waals surface area contributed by atoms with Crippen LogP contribution in [-0.4, -0.2) is 54.0 Å². The van der Waals surface area contributed by atoms with Crippen LogP contribution < -0.4 is 5.32 Å². The van der Waals surface area contributed by atoms with E-state index in [2.05, 4.69) is 5.32 Å². The number of carbonyl (C=O) groups is 2. The van der Waals surface area contributed by atoms with Gasteiger partial charge in [0.1, 0.15) is 0 Å². The van der Waals surface area contributed by atoms with E-state index in [1.54, 1.807) is 4.90 Å². The second-order valence-corrected chi connectivity index (χ2v) is 5.63. The zero-order chi connectivity index (χ0) is 15.2. The van der Waals surface area contributed by atoms with Crippen molar-refractivity contribution in [1.29, 1.82) is 0 Å². The lowest BCUT2D eigenvalue weighted by Gasteiger charge is -2.35. The molecule has 5 nitrogen and oxygen atoms in total. The Kier molecular flexibility index (Phi) is 5.20. The van der Waals surface area contributed by atoms with Crippen LogP contribution in [0.5, 0.6) is 0 Å². The molecule has 2 rings (SSSR count). The van der Waals surface area contributed by atoms with Crippen molar-refractivity contribution in [1.82, 2.24) is 15.1 Å². The zero-order valence-electron chi connectivity index (χ0n) is 12.7. The largest absolute Gasteiger partial charge is 0.339 e. The molecule has 0 saturated carbocycles. The number of nitrogens with one attached hydrogen (secondary N) is 1. The second-order valence-electron chi connectivity index (χ2n) is 5.63. The molecule has 1 aromatic carbocycles. The van der Waals surface area contributed by atoms with Gasteiger partial charge in [-0.15, -0.1) is 0 Å². The minimum Gasteiger partial charge on any atom is -0.339 e. The van der Waals surface area contributed by atoms with E-state index in [1.807, 2.05) is 49.1 Å². The molecule has 5 heteroatoms. The Morgan fingerprint density at radius 2 is 1.62 bits per heavy atom. The lowest BCUT2D eigenvalue weighted by atomic mass is 10.1. The van der Waals surface area contributed by atoms with Gasteiger partial charge in [-0.25, -0.2) is 4.79 Å². The van der Waals surface area contributed by atoms with Crippen LogP contribution >= 0.6 is 0 Å². The van der Waals surface area contributed by atoms with Gasteiger partial charge in [0.15, 0.2) is 0 Å². The molecule has 1 heterocycles. The minimum atomic E-state index is -0.0415. The van der Waals surface area contributed by atoms with Gasteiger partial charge in [0.05, 0.1) is 6.42 Å². The number of benzene rings is 1. The molecule has 0 bridgehead atoms. The van der Waals surface area contributed by atoms with Gasteiger partial charge in [0, 0.05) is 32.2 Å². The molecular weight excluding hydrogens is 266 g/mol. The number of piperazine rings is 1. The minimum absolute atomic E-state index is 0.0415. The summed E-state index contributed by atoms with van der Waals surface area (Å²) in [6.45, 7) is 6.29. The Morgan fingerprint density at radius 3 is 2.19 bits per heavy atom. The number of nitrogens with zero attached hydrogens (tertiary/aromatic N) is 2. The maximum Gasteiger partial charge on any atom is 0.317 e. The molecule has 1 aliphatic rings. The van der Waals surface area contributed by atoms with Gasteiger partial charge < -0.3 is 15.1 Å². The van der Waals surface area contributed by atoms with Crippen LogP contribution in [0, 0.1) is 0 Å². The Bertz CT molecular complexity index is 480. The first-order valence-corrected chi connectivity index (χ1v) is 7.43. The van der Waals surface area contributed by atoms with Crippen molar-refractivity contribution >= 4 is 11.9 Å². The Balaban J connectivity index is 1.81. The highest BCUT2D eigenvalue weighted by molar-refractivity contribution is 5.79. The van der Waals surface area contributed by atoms with Crippen molar-refractivity contribution in [3.05, 3.63) is 35.9 Å². The molecule has 1 saturated heterocycles. The maximum absolute atomic E-state index is 12.2. The van der Waals surface area contributed by atoms with E-state index >= 15 is 0 Å². The van der Waals surface area contributed by atoms with Crippen molar-refractivity contribution < 1.29 is 9.59 Å². The van der Waals surface area contributed by atoms with Crippen molar-refractivity contribution in [2.24, 2.45) is 0 Å². The van der Waals surface area contributed by atoms with Gasteiger partial charge in [-0.2, -0.15) is 0 Å². The Labute approximate surface area is 125 Å². The smallest absolute Gasteiger partial charge is 0.317 e. The molecule has 0 spiro atoms. The van der Waals surface area contributed by atoms with Gasteiger partial charge in [-0.05, 0) is 19.4 Å². The number of hydrogen-bond acceptors (Lipinski definition) is 2. The number of urea groups is 1. The van der Waals surface area contributed by atoms with Crippen LogP contribution in [0.2, 0.25) is 0 Å². The average Bonchev–Trinajstić information content (AvgIpc) is 2.47. The molecule has 0 aliphatic carbocycles. The molecule has 1 aliphatic heterocycles. The summed E-state index contributed by atoms with van der Waals surface area (Å²) in [7, 11) is 0. The summed E-state index contributed by atoms with van der Waals surface area (Å²) in [5.41, 5.74) is 1.03. The summed E-state index contributed by atoms with van der Waals surface area (Å²) >= 11 is 0. The number of carbonyl (C=O) groups excluding carboxylic acids is 2. The lowest BCUT2D eigenvalue weighted by Crippen LogP contribution is -2.54. The standard InChI is InChI=1S/C16H23N3O2/c1-13(2)17-16(21)19-10-8-18(9-11-19)15(20)12-14-6-4-3-5-7-14/h3-7,13H,8-12H2,1-2H3,(H,17,21). The predicted molar refractivity (Wildman–Crippen MR) is 82.0 cm³/mol. The summed E-state index contributed by atoms with van der Waals surface area (Å²) in [5, 5.41) is 2.88. The van der Waals surface area contributed by atoms with Crippen LogP contribution in [-0.2, 0) is 11.2 Å². The van der Waals surface area contributed by atoms with Crippen LogP contribution in [0.25, 0.3) is 0 Å². The highest BCUT2D eigenvalue weighted by Gasteiger charge is 2.24. The molecule has 0 radical (unpaired) electrons. The van der Waals surface area contributed by atoms with Crippen molar-refractivity contribution in [2.45, 2.75) is 26.3 Å². The van der Waals surface area contributed by atoms with Gasteiger partial charge >= 0.3 is 6.03 Å². The number of rotatable bonds is 3. The number of hydrogen-bond donors (Lipinski definition) is 1. The van der Waals surface area contributed by atoms with Gasteiger partial charge in [0.25, 0.3) is 0 Å². The first-order chi connectivity index (χ1) is 10.1. The lowest BCUT2D eigenvalue weighted by molar-refractivity contribution is -0.131. The van der Waals surface area contributed by atoms with Crippen molar-refractivity contribution in [3.63, 3.8) is 0 Å². The van der Waals surface area contributed by atoms with E-state index < -0.39 is 0 Å². The van der Waals surface area contributed by atoms with Crippen molar-refractivity contribution in [2.75, 3.05) is 26.2 Å². The normalized spacial score (nSPS) is 15.2. The molecule has 0 aromatic heterocycles. The summed E-state index contributed by atoms with van der Waals surface area (Å²) in [4.78, 5) is 27.7. The zero-order valence-corrected chi connectivity index (χ0v) is 12.7. The fourth-order valence-corrected chi connectivity index (χ4v) is 2.38. The molecule has 3 amide bonds. The maximum atomic E-state index is 12.2. The van der Waals surface area contributed by atoms with E-state index in [0.29, 0.717) is 32.6 Å². The van der Waals surface area contributed by atoms with Crippen molar-refractivity contribution in [3.8, 4) is 0 Å². The average molecular weight is 289 g/mol. The van der Waals surface area contributed by atoms with E-state index in [1.165, 1.54) is 0 Å². The van der Waals surface area contributed by atoms with E-state index in [-0.39, 0.29) is 18.0 Å². The third kappa shape index (κ3) is 4.48. The summed E-state index contributed by atoms with van der Waals surface area (Å²) in [5.74, 6) is 0.130. The Morgan fingerprint density at radius 1 is 1.05 bits per heavy atom. The second kappa shape index (κ2) is 7.11. The molecule has 21 heavy (non-hydrogen) atoms. The van der Waals surface area contributed by atoms with E-state index in [4.69, 9.17) is 0 Å². The Hall–Kier alpha value is -2.04. The SMILES string of the molecule is CC(C)NC(=O)N1CCN(C(=O)Cc2ccccc2)CC1. The van der Waals surface area contributed by atoms with E-state index in [9.17, 15) is 9.59 Å². The summed E-state index contributed by atoms with van der Waals surface area (Å²) in [6.07, 6.45) is 0.430. The summed E-state index contributed by atoms with van der Waals surface area (Å²) < 4.78 is 0. The quantitative estimate of drug-likeness (QED) is 0.916. The first-order valence-electron chi connectivity index (χ1n) is 7.43. The third-order valence-electron chi connectivity index (χ3n) is 3.53. The van der Waals surface area contributed by atoms with E-state index in [0.717, 1.165) is 5.56 Å². The fraction of sp³-hybridized carbons (Fsp3) is 0.500. The molecule has 1 N–H and O–H groups in total. The molecule has 1 fully saturated rings. The topological polar surface area (TPSA) is 52.7 Å². The monoisotopic (exact) mass is 289 g/mol. The molecule has 0 atom stereocenters. The molecule has 114 valence electrons. The first kappa shape index (κ1) is 15.4. The van der Waals surface area contributed by atoms with Crippen LogP contribution in [0.1, 0.15) is 19.4 Å². The van der Waals surface area contributed by atoms with Crippen LogP contribution in [0.4, 0.5) is 4.79 Å². The molecule has 1 aromatic rings. The van der Waals surface area contributed by atoms with Gasteiger partial charge in [0.2, 0.25) is 5.91 Å². The van der Waals surface area contributed by atoms with Crippen LogP contribution in [0.15, 0.2) is 30.3 Å². The summed E-state index contributed by atoms with van der Waals surface area (Å²) in [6, 6.07) is 9.85. The molecule has 0 unspecified atom stereocenters. The highest BCUT2D eigenvalue weighted by atomic mass is 16.2. The van der Waals surface area contributed by atoms with Gasteiger partial charge in [-0.3, -0.25) is 4.79 Å². The predicted octanol–water partition coefficient (Wildman–Crippen LogP) is 1.49. The third-order valence-corrected chi connectivity index (χ3v) is 3.53. The van der Waals surface area contributed by atoms with Gasteiger partial charge in [-0.1, -0.05) is 30.3 Å². The van der Waals surface area contributed by atoms with Crippen LogP contribution in [0.3, 0.4) is 0 Å². The highest BCUT2D eigenvalue weighted by Crippen LogP contribution is 2.07. The fourth-order valence-electron chi connectivity index (χ4n) is 2.38. The number of amides is 3.